The van der Waals surface area contributed by atoms with Gasteiger partial charge in [-0.3, -0.25) is 0 Å². The minimum atomic E-state index is -0.435. The predicted octanol–water partition coefficient (Wildman–Crippen LogP) is 6.56. The number of benzene rings is 3. The normalized spacial score (nSPS) is 11.0. The molecule has 0 saturated heterocycles. The molecule has 0 amide bonds. The molecule has 31 heavy (non-hydrogen) atoms. The number of aryl methyl sites for hydroxylation is 3. The Balaban J connectivity index is 1.91. The van der Waals surface area contributed by atoms with E-state index in [0.717, 1.165) is 27.8 Å². The van der Waals surface area contributed by atoms with E-state index in [1.54, 1.807) is 48.5 Å². The van der Waals surface area contributed by atoms with Crippen LogP contribution < -0.4 is 9.47 Å². The SMILES string of the molecule is COc1cc(C=C(C#N)c2ccc(Cl)cc2)ccc1OC(=O)c1c(C)cc(C)cc1C. The highest BCUT2D eigenvalue weighted by Crippen LogP contribution is 2.31. The van der Waals surface area contributed by atoms with Gasteiger partial charge in [0.05, 0.1) is 24.3 Å². The standard InChI is InChI=1S/C26H22ClNO3/c1-16-11-17(2)25(18(3)12-16)26(29)31-23-10-5-19(14-24(23)30-4)13-21(15-28)20-6-8-22(27)9-7-20/h5-14H,1-4H3. The number of ether oxygens (including phenoxy) is 2. The zero-order chi connectivity index (χ0) is 22.5. The van der Waals surface area contributed by atoms with E-state index in [4.69, 9.17) is 21.1 Å². The highest BCUT2D eigenvalue weighted by Gasteiger charge is 2.17. The Morgan fingerprint density at radius 3 is 2.19 bits per heavy atom. The van der Waals surface area contributed by atoms with Gasteiger partial charge < -0.3 is 9.47 Å². The number of hydrogen-bond donors (Lipinski definition) is 0. The van der Waals surface area contributed by atoms with Gasteiger partial charge in [-0.1, -0.05) is 47.5 Å². The molecule has 3 aromatic rings. The summed E-state index contributed by atoms with van der Waals surface area (Å²) < 4.78 is 11.1. The quantitative estimate of drug-likeness (QED) is 0.199. The van der Waals surface area contributed by atoms with Crippen LogP contribution in [0.4, 0.5) is 0 Å². The molecule has 0 atom stereocenters. The molecule has 0 aliphatic carbocycles. The molecule has 3 rings (SSSR count). The molecule has 0 spiro atoms. The zero-order valence-corrected chi connectivity index (χ0v) is 18.6. The average molecular weight is 432 g/mol. The first-order valence-electron chi connectivity index (χ1n) is 9.68. The Bertz CT molecular complexity index is 1180. The van der Waals surface area contributed by atoms with E-state index in [9.17, 15) is 10.1 Å². The van der Waals surface area contributed by atoms with Gasteiger partial charge in [-0.25, -0.2) is 4.79 Å². The fourth-order valence-electron chi connectivity index (χ4n) is 3.49. The minimum Gasteiger partial charge on any atom is -0.493 e. The number of nitrogens with zero attached hydrogens (tertiary/aromatic N) is 1. The Labute approximate surface area is 187 Å². The molecule has 0 bridgehead atoms. The summed E-state index contributed by atoms with van der Waals surface area (Å²) in [4.78, 5) is 12.8. The molecule has 156 valence electrons. The Morgan fingerprint density at radius 1 is 0.968 bits per heavy atom. The van der Waals surface area contributed by atoms with Crippen molar-refractivity contribution in [2.45, 2.75) is 20.8 Å². The molecule has 0 saturated carbocycles. The zero-order valence-electron chi connectivity index (χ0n) is 17.8. The van der Waals surface area contributed by atoms with E-state index in [1.807, 2.05) is 32.9 Å². The summed E-state index contributed by atoms with van der Waals surface area (Å²) in [6, 6.07) is 18.3. The summed E-state index contributed by atoms with van der Waals surface area (Å²) in [5.74, 6) is 0.280. The second-order valence-electron chi connectivity index (χ2n) is 7.25. The van der Waals surface area contributed by atoms with Crippen molar-refractivity contribution in [2.24, 2.45) is 0 Å². The molecule has 0 fully saturated rings. The number of carbonyl (C=O) groups is 1. The van der Waals surface area contributed by atoms with Crippen LogP contribution in [-0.2, 0) is 0 Å². The van der Waals surface area contributed by atoms with Crippen molar-refractivity contribution in [3.05, 3.63) is 93.0 Å². The van der Waals surface area contributed by atoms with E-state index >= 15 is 0 Å². The third-order valence-corrected chi connectivity index (χ3v) is 5.11. The monoisotopic (exact) mass is 431 g/mol. The highest BCUT2D eigenvalue weighted by molar-refractivity contribution is 6.30. The van der Waals surface area contributed by atoms with Crippen LogP contribution in [0, 0.1) is 32.1 Å². The smallest absolute Gasteiger partial charge is 0.344 e. The van der Waals surface area contributed by atoms with Gasteiger partial charge in [-0.2, -0.15) is 5.26 Å². The molecule has 4 nitrogen and oxygen atoms in total. The first-order valence-corrected chi connectivity index (χ1v) is 10.1. The Morgan fingerprint density at radius 2 is 1.61 bits per heavy atom. The molecule has 5 heteroatoms. The van der Waals surface area contributed by atoms with Crippen LogP contribution in [0.1, 0.15) is 38.2 Å². The van der Waals surface area contributed by atoms with Gasteiger partial charge in [0, 0.05) is 5.02 Å². The number of esters is 1. The van der Waals surface area contributed by atoms with Crippen LogP contribution in [0.3, 0.4) is 0 Å². The summed E-state index contributed by atoms with van der Waals surface area (Å²) in [5.41, 5.74) is 5.34. The van der Waals surface area contributed by atoms with E-state index in [1.165, 1.54) is 7.11 Å². The summed E-state index contributed by atoms with van der Waals surface area (Å²) in [6.07, 6.45) is 1.74. The lowest BCUT2D eigenvalue weighted by Crippen LogP contribution is -2.13. The highest BCUT2D eigenvalue weighted by atomic mass is 35.5. The summed E-state index contributed by atoms with van der Waals surface area (Å²) >= 11 is 5.93. The van der Waals surface area contributed by atoms with Crippen LogP contribution >= 0.6 is 11.6 Å². The van der Waals surface area contributed by atoms with Gasteiger partial charge >= 0.3 is 5.97 Å². The van der Waals surface area contributed by atoms with Crippen LogP contribution in [0.2, 0.25) is 5.02 Å². The largest absolute Gasteiger partial charge is 0.493 e. The van der Waals surface area contributed by atoms with Crippen molar-refractivity contribution in [1.82, 2.24) is 0 Å². The number of carbonyl (C=O) groups excluding carboxylic acids is 1. The van der Waals surface area contributed by atoms with Gasteiger partial charge in [-0.05, 0) is 73.4 Å². The number of rotatable bonds is 5. The van der Waals surface area contributed by atoms with Crippen LogP contribution in [0.25, 0.3) is 11.6 Å². The lowest BCUT2D eigenvalue weighted by atomic mass is 10.00. The van der Waals surface area contributed by atoms with Crippen molar-refractivity contribution in [3.8, 4) is 17.6 Å². The van der Waals surface area contributed by atoms with Crippen LogP contribution in [0.15, 0.2) is 54.6 Å². The number of hydrogen-bond acceptors (Lipinski definition) is 4. The second-order valence-corrected chi connectivity index (χ2v) is 7.69. The fourth-order valence-corrected chi connectivity index (χ4v) is 3.61. The molecular weight excluding hydrogens is 410 g/mol. The number of allylic oxidation sites excluding steroid dienone is 1. The minimum absolute atomic E-state index is 0.314. The molecule has 0 aliphatic rings. The van der Waals surface area contributed by atoms with Crippen molar-refractivity contribution < 1.29 is 14.3 Å². The predicted molar refractivity (Wildman–Crippen MR) is 124 cm³/mol. The number of halogens is 1. The van der Waals surface area contributed by atoms with E-state index in [2.05, 4.69) is 6.07 Å². The summed E-state index contributed by atoms with van der Waals surface area (Å²) in [7, 11) is 1.51. The van der Waals surface area contributed by atoms with Crippen molar-refractivity contribution in [2.75, 3.05) is 7.11 Å². The third kappa shape index (κ3) is 5.14. The second kappa shape index (κ2) is 9.51. The first-order chi connectivity index (χ1) is 14.8. The van der Waals surface area contributed by atoms with Gasteiger partial charge in [0.1, 0.15) is 0 Å². The molecule has 3 aromatic carbocycles. The number of methoxy groups -OCH3 is 1. The van der Waals surface area contributed by atoms with E-state index < -0.39 is 5.97 Å². The van der Waals surface area contributed by atoms with Crippen LogP contribution in [-0.4, -0.2) is 13.1 Å². The summed E-state index contributed by atoms with van der Waals surface area (Å²) in [6.45, 7) is 5.77. The molecule has 0 unspecified atom stereocenters. The Hall–Kier alpha value is -3.55. The van der Waals surface area contributed by atoms with E-state index in [0.29, 0.717) is 27.7 Å². The van der Waals surface area contributed by atoms with Crippen molar-refractivity contribution >= 4 is 29.2 Å². The van der Waals surface area contributed by atoms with Gasteiger partial charge in [0.15, 0.2) is 11.5 Å². The van der Waals surface area contributed by atoms with E-state index in [-0.39, 0.29) is 0 Å². The third-order valence-electron chi connectivity index (χ3n) is 4.86. The average Bonchev–Trinajstić information content (AvgIpc) is 2.72. The molecule has 0 N–H and O–H groups in total. The maximum atomic E-state index is 12.8. The van der Waals surface area contributed by atoms with Crippen molar-refractivity contribution in [3.63, 3.8) is 0 Å². The summed E-state index contributed by atoms with van der Waals surface area (Å²) in [5, 5.41) is 10.2. The molecule has 0 radical (unpaired) electrons. The molecule has 0 heterocycles. The number of nitriles is 1. The Kier molecular flexibility index (Phi) is 6.79. The lowest BCUT2D eigenvalue weighted by Gasteiger charge is -2.13. The van der Waals surface area contributed by atoms with Gasteiger partial charge in [0.2, 0.25) is 0 Å². The maximum absolute atomic E-state index is 12.8. The first kappa shape index (κ1) is 22.1. The fraction of sp³-hybridized carbons (Fsp3) is 0.154. The molecular formula is C26H22ClNO3. The molecule has 0 aromatic heterocycles. The van der Waals surface area contributed by atoms with Crippen molar-refractivity contribution in [1.29, 1.82) is 5.26 Å². The van der Waals surface area contributed by atoms with Crippen LogP contribution in [0.5, 0.6) is 11.5 Å². The van der Waals surface area contributed by atoms with Gasteiger partial charge in [0.25, 0.3) is 0 Å². The maximum Gasteiger partial charge on any atom is 0.344 e. The molecule has 0 aliphatic heterocycles. The topological polar surface area (TPSA) is 59.3 Å². The van der Waals surface area contributed by atoms with Gasteiger partial charge in [-0.15, -0.1) is 0 Å². The lowest BCUT2D eigenvalue weighted by molar-refractivity contribution is 0.0728.